The van der Waals surface area contributed by atoms with Crippen LogP contribution >= 0.6 is 0 Å². The monoisotopic (exact) mass is 292 g/mol. The summed E-state index contributed by atoms with van der Waals surface area (Å²) in [6.45, 7) is 5.43. The zero-order valence-corrected chi connectivity index (χ0v) is 13.1. The average Bonchev–Trinajstić information content (AvgIpc) is 2.50. The summed E-state index contributed by atoms with van der Waals surface area (Å²) >= 11 is 0. The number of hydrogen-bond acceptors (Lipinski definition) is 3. The minimum Gasteiger partial charge on any atom is -0.399 e. The number of para-hydroxylation sites is 2. The van der Waals surface area contributed by atoms with Crippen LogP contribution in [0.25, 0.3) is 10.9 Å². The molecule has 22 heavy (non-hydrogen) atoms. The summed E-state index contributed by atoms with van der Waals surface area (Å²) in [7, 11) is 0. The molecule has 2 aromatic carbocycles. The maximum Gasteiger partial charge on any atom is 0.161 e. The molecule has 3 rings (SSSR count). The first-order valence-corrected chi connectivity index (χ1v) is 7.17. The van der Waals surface area contributed by atoms with Crippen LogP contribution in [0.5, 0.6) is 0 Å². The van der Waals surface area contributed by atoms with E-state index >= 15 is 0 Å². The first-order valence-electron chi connectivity index (χ1n) is 7.17. The van der Waals surface area contributed by atoms with Gasteiger partial charge < -0.3 is 5.73 Å². The van der Waals surface area contributed by atoms with Crippen molar-refractivity contribution >= 4 is 22.4 Å². The highest BCUT2D eigenvalue weighted by Crippen LogP contribution is 2.16. The summed E-state index contributed by atoms with van der Waals surface area (Å²) in [6, 6.07) is 17.5. The van der Waals surface area contributed by atoms with Crippen LogP contribution in [0, 0.1) is 13.8 Å². The Morgan fingerprint density at radius 2 is 1.64 bits per heavy atom. The van der Waals surface area contributed by atoms with Crippen LogP contribution in [0.3, 0.4) is 0 Å². The lowest BCUT2D eigenvalue weighted by atomic mass is 10.1. The molecule has 112 valence electrons. The van der Waals surface area contributed by atoms with Crippen molar-refractivity contribution in [2.24, 2.45) is 0 Å². The number of rotatable bonds is 1. The smallest absolute Gasteiger partial charge is 0.161 e. The largest absolute Gasteiger partial charge is 0.399 e. The Labute approximate surface area is 130 Å². The van der Waals surface area contributed by atoms with E-state index in [0.717, 1.165) is 27.8 Å². The average molecular weight is 292 g/mol. The molecule has 0 radical (unpaired) electrons. The number of ketones is 1. The van der Waals surface area contributed by atoms with Gasteiger partial charge in [-0.05, 0) is 44.5 Å². The van der Waals surface area contributed by atoms with Gasteiger partial charge in [-0.3, -0.25) is 9.78 Å². The summed E-state index contributed by atoms with van der Waals surface area (Å²) < 4.78 is 0. The van der Waals surface area contributed by atoms with Crippen molar-refractivity contribution in [1.82, 2.24) is 4.98 Å². The number of nitrogens with zero attached hydrogens (tertiary/aromatic N) is 1. The van der Waals surface area contributed by atoms with Gasteiger partial charge in [0.05, 0.1) is 5.52 Å². The van der Waals surface area contributed by atoms with Gasteiger partial charge in [0.15, 0.2) is 5.78 Å². The molecule has 0 spiro atoms. The number of benzene rings is 2. The molecule has 1 aromatic heterocycles. The summed E-state index contributed by atoms with van der Waals surface area (Å²) in [4.78, 5) is 15.6. The molecular formula is C19H20N2O. The molecule has 2 N–H and O–H groups in total. The number of anilines is 1. The molecule has 0 saturated heterocycles. The number of aryl methyl sites for hydroxylation is 2. The van der Waals surface area contributed by atoms with Crippen molar-refractivity contribution in [2.75, 3.05) is 5.73 Å². The van der Waals surface area contributed by atoms with Gasteiger partial charge in [-0.25, -0.2) is 0 Å². The summed E-state index contributed by atoms with van der Waals surface area (Å²) in [6.07, 6.45) is 0. The maximum absolute atomic E-state index is 11.3. The predicted octanol–water partition coefficient (Wildman–Crippen LogP) is 4.32. The molecule has 0 bridgehead atoms. The van der Waals surface area contributed by atoms with Gasteiger partial charge in [0, 0.05) is 22.3 Å². The number of hydrogen-bond donors (Lipinski definition) is 1. The molecule has 0 aliphatic heterocycles. The van der Waals surface area contributed by atoms with E-state index in [-0.39, 0.29) is 5.78 Å². The molecule has 0 amide bonds. The molecule has 1 heterocycles. The fourth-order valence-electron chi connectivity index (χ4n) is 2.16. The van der Waals surface area contributed by atoms with E-state index in [1.54, 1.807) is 6.92 Å². The normalized spacial score (nSPS) is 9.95. The standard InChI is InChI=1S/C12H11NO.C7H9N/c1-8-11(9(2)14)7-10-5-3-4-6-12(10)13-8;1-6-4-2-3-5-7(6)8/h3-7H,1-2H3;2-5H,8H2,1H3. The SMILES string of the molecule is CC(=O)c1cc2ccccc2nc1C.Cc1ccccc1N. The van der Waals surface area contributed by atoms with E-state index in [4.69, 9.17) is 5.73 Å². The lowest BCUT2D eigenvalue weighted by Crippen LogP contribution is -1.98. The van der Waals surface area contributed by atoms with E-state index in [1.807, 2.05) is 68.4 Å². The minimum absolute atomic E-state index is 0.0701. The number of carbonyl (C=O) groups excluding carboxylic acids is 1. The van der Waals surface area contributed by atoms with E-state index in [9.17, 15) is 4.79 Å². The molecule has 3 aromatic rings. The Hall–Kier alpha value is -2.68. The lowest BCUT2D eigenvalue weighted by Gasteiger charge is -2.03. The van der Waals surface area contributed by atoms with Crippen LogP contribution in [0.15, 0.2) is 54.6 Å². The second kappa shape index (κ2) is 6.85. The first-order chi connectivity index (χ1) is 10.5. The molecular weight excluding hydrogens is 272 g/mol. The molecule has 3 nitrogen and oxygen atoms in total. The highest BCUT2D eigenvalue weighted by molar-refractivity contribution is 5.98. The second-order valence-corrected chi connectivity index (χ2v) is 5.23. The van der Waals surface area contributed by atoms with E-state index in [1.165, 1.54) is 0 Å². The molecule has 0 fully saturated rings. The molecule has 3 heteroatoms. The Morgan fingerprint density at radius 3 is 2.23 bits per heavy atom. The quantitative estimate of drug-likeness (QED) is 0.536. The number of fused-ring (bicyclic) bond motifs is 1. The topological polar surface area (TPSA) is 56.0 Å². The Kier molecular flexibility index (Phi) is 4.89. The van der Waals surface area contributed by atoms with E-state index in [0.29, 0.717) is 5.56 Å². The highest BCUT2D eigenvalue weighted by Gasteiger charge is 2.06. The summed E-state index contributed by atoms with van der Waals surface area (Å²) in [5.74, 6) is 0.0701. The van der Waals surface area contributed by atoms with Crippen LogP contribution in [-0.4, -0.2) is 10.8 Å². The van der Waals surface area contributed by atoms with Gasteiger partial charge in [-0.1, -0.05) is 36.4 Å². The van der Waals surface area contributed by atoms with Crippen molar-refractivity contribution in [2.45, 2.75) is 20.8 Å². The van der Waals surface area contributed by atoms with Gasteiger partial charge in [0.2, 0.25) is 0 Å². The third-order valence-electron chi connectivity index (χ3n) is 3.48. The molecule has 0 atom stereocenters. The van der Waals surface area contributed by atoms with Crippen molar-refractivity contribution in [3.8, 4) is 0 Å². The van der Waals surface area contributed by atoms with Gasteiger partial charge in [-0.15, -0.1) is 0 Å². The first kappa shape index (κ1) is 15.7. The summed E-state index contributed by atoms with van der Waals surface area (Å²) in [5.41, 5.74) is 9.99. The number of carbonyl (C=O) groups is 1. The van der Waals surface area contributed by atoms with Crippen molar-refractivity contribution in [3.63, 3.8) is 0 Å². The van der Waals surface area contributed by atoms with Crippen LogP contribution in [-0.2, 0) is 0 Å². The van der Waals surface area contributed by atoms with E-state index < -0.39 is 0 Å². The Bertz CT molecular complexity index is 788. The van der Waals surface area contributed by atoms with Crippen molar-refractivity contribution in [3.05, 3.63) is 71.4 Å². The summed E-state index contributed by atoms with van der Waals surface area (Å²) in [5, 5.41) is 1.02. The second-order valence-electron chi connectivity index (χ2n) is 5.23. The lowest BCUT2D eigenvalue weighted by molar-refractivity contribution is 0.101. The van der Waals surface area contributed by atoms with Crippen molar-refractivity contribution in [1.29, 1.82) is 0 Å². The van der Waals surface area contributed by atoms with Gasteiger partial charge in [-0.2, -0.15) is 0 Å². The zero-order valence-electron chi connectivity index (χ0n) is 13.1. The van der Waals surface area contributed by atoms with Crippen LogP contribution in [0.4, 0.5) is 5.69 Å². The Balaban J connectivity index is 0.000000188. The van der Waals surface area contributed by atoms with Gasteiger partial charge in [0.25, 0.3) is 0 Å². The van der Waals surface area contributed by atoms with E-state index in [2.05, 4.69) is 4.98 Å². The molecule has 0 aliphatic rings. The maximum atomic E-state index is 11.3. The number of nitrogen functional groups attached to an aromatic ring is 1. The zero-order chi connectivity index (χ0) is 16.1. The molecule has 0 saturated carbocycles. The fourth-order valence-corrected chi connectivity index (χ4v) is 2.16. The number of nitrogens with two attached hydrogens (primary N) is 1. The Morgan fingerprint density at radius 1 is 1.00 bits per heavy atom. The number of aromatic nitrogens is 1. The highest BCUT2D eigenvalue weighted by atomic mass is 16.1. The molecule has 0 unspecified atom stereocenters. The number of Topliss-reactive ketones (excluding diaryl/α,β-unsaturated/α-hetero) is 1. The van der Waals surface area contributed by atoms with Gasteiger partial charge >= 0.3 is 0 Å². The minimum atomic E-state index is 0.0701. The van der Waals surface area contributed by atoms with Crippen molar-refractivity contribution < 1.29 is 4.79 Å². The van der Waals surface area contributed by atoms with Crippen LogP contribution < -0.4 is 5.73 Å². The van der Waals surface area contributed by atoms with Gasteiger partial charge in [0.1, 0.15) is 0 Å². The fraction of sp³-hybridized carbons (Fsp3) is 0.158. The third kappa shape index (κ3) is 3.70. The predicted molar refractivity (Wildman–Crippen MR) is 92.1 cm³/mol. The number of pyridine rings is 1. The molecule has 0 aliphatic carbocycles. The third-order valence-corrected chi connectivity index (χ3v) is 3.48. The van der Waals surface area contributed by atoms with Crippen LogP contribution in [0.2, 0.25) is 0 Å². The van der Waals surface area contributed by atoms with Crippen LogP contribution in [0.1, 0.15) is 28.5 Å².